The summed E-state index contributed by atoms with van der Waals surface area (Å²) in [7, 11) is -1.34. The van der Waals surface area contributed by atoms with Crippen LogP contribution in [0, 0.1) is 0 Å². The Hall–Kier alpha value is -4.96. The van der Waals surface area contributed by atoms with Gasteiger partial charge in [0.15, 0.2) is 0 Å². The number of hydrogen-bond acceptors (Lipinski definition) is 1. The molecule has 9 aromatic rings. The van der Waals surface area contributed by atoms with Gasteiger partial charge < -0.3 is 0 Å². The molecule has 9 rings (SSSR count). The Morgan fingerprint density at radius 3 is 0.410 bits per heavy atom. The number of carbonyl (C=O) groups is 1. The fourth-order valence-electron chi connectivity index (χ4n) is 6.54. The third-order valence-electron chi connectivity index (χ3n) is 9.13. The van der Waals surface area contributed by atoms with Gasteiger partial charge in [0.25, 0.3) is 0 Å². The molecule has 302 valence electrons. The minimum atomic E-state index is -0.446. The Morgan fingerprint density at radius 2 is 0.328 bits per heavy atom. The van der Waals surface area contributed by atoms with Crippen LogP contribution < -0.4 is 47.7 Å². The molecule has 61 heavy (non-hydrogen) atoms. The first-order valence-corrected chi connectivity index (χ1v) is 25.5. The summed E-state index contributed by atoms with van der Waals surface area (Å²) in [6.45, 7) is 0. The van der Waals surface area contributed by atoms with Gasteiger partial charge >= 0.3 is 42.3 Å². The summed E-state index contributed by atoms with van der Waals surface area (Å²) in [5.41, 5.74) is 0. The van der Waals surface area contributed by atoms with Crippen molar-refractivity contribution in [2.24, 2.45) is 0 Å². The van der Waals surface area contributed by atoms with Gasteiger partial charge in [0, 0.05) is 0 Å². The van der Waals surface area contributed by atoms with E-state index in [4.69, 9.17) is 0 Å². The molecule has 0 aromatic heterocycles. The molecule has 0 spiro atoms. The molecule has 6 heteroatoms. The first-order valence-electron chi connectivity index (χ1n) is 19.8. The predicted octanol–water partition coefficient (Wildman–Crippen LogP) is 11.1. The van der Waals surface area contributed by atoms with E-state index in [9.17, 15) is 4.79 Å². The van der Waals surface area contributed by atoms with Crippen molar-refractivity contribution in [1.82, 2.24) is 0 Å². The number of rotatable bonds is 9. The van der Waals surface area contributed by atoms with Crippen molar-refractivity contribution in [2.45, 2.75) is 0 Å². The van der Waals surface area contributed by atoms with Gasteiger partial charge in [-0.2, -0.15) is 0 Å². The van der Waals surface area contributed by atoms with Gasteiger partial charge in [0.1, 0.15) is 0 Å². The van der Waals surface area contributed by atoms with E-state index in [0.29, 0.717) is 0 Å². The van der Waals surface area contributed by atoms with E-state index in [1.165, 1.54) is 47.7 Å². The summed E-state index contributed by atoms with van der Waals surface area (Å²) in [6, 6.07) is 97.0. The van der Waals surface area contributed by atoms with Gasteiger partial charge in [-0.3, -0.25) is 0 Å². The molecule has 0 saturated carbocycles. The smallest absolute Gasteiger partial charge is 0.0134 e. The zero-order valence-electron chi connectivity index (χ0n) is 33.5. The monoisotopic (exact) mass is 996 g/mol. The van der Waals surface area contributed by atoms with Crippen molar-refractivity contribution in [3.05, 3.63) is 273 Å². The zero-order chi connectivity index (χ0) is 42.3. The molecule has 0 N–H and O–H groups in total. The van der Waals surface area contributed by atoms with Crippen molar-refractivity contribution in [3.63, 3.8) is 0 Å². The molecule has 0 saturated heterocycles. The fraction of sp³-hybridized carbons (Fsp3) is 0. The van der Waals surface area contributed by atoms with E-state index in [1.54, 1.807) is 18.3 Å². The van der Waals surface area contributed by atoms with Gasteiger partial charge in [0.05, 0.1) is 0 Å². The maximum Gasteiger partial charge on any atom is -0.0134 e. The number of benzene rings is 9. The molecule has 0 bridgehead atoms. The molecule has 0 fully saturated rings. The second-order valence-corrected chi connectivity index (χ2v) is 22.7. The van der Waals surface area contributed by atoms with E-state index in [1.807, 2.05) is 0 Å². The topological polar surface area (TPSA) is 17.1 Å². The van der Waals surface area contributed by atoms with Crippen LogP contribution in [-0.4, -0.2) is 3.29 Å². The predicted molar refractivity (Wildman–Crippen MR) is 271 cm³/mol. The summed E-state index contributed by atoms with van der Waals surface area (Å²) in [4.78, 5) is 9.35. The molecule has 0 aliphatic heterocycles. The van der Waals surface area contributed by atoms with E-state index < -0.39 is 23.8 Å². The Kier molecular flexibility index (Phi) is 19.2. The zero-order valence-corrected chi connectivity index (χ0v) is 39.6. The summed E-state index contributed by atoms with van der Waals surface area (Å²) in [5.74, 6) is 0. The Balaban J connectivity index is 0.000000146. The van der Waals surface area contributed by atoms with Gasteiger partial charge in [-0.25, -0.2) is 0 Å². The largest absolute Gasteiger partial charge is 0.0622 e. The molecule has 0 atom stereocenters. The molecule has 0 heterocycles. The molecule has 0 radical (unpaired) electrons. The molecular weight excluding hydrogens is 950 g/mol. The van der Waals surface area contributed by atoms with Crippen LogP contribution in [0.1, 0.15) is 0 Å². The van der Waals surface area contributed by atoms with Crippen molar-refractivity contribution >= 4 is 90.7 Å². The van der Waals surface area contributed by atoms with Crippen LogP contribution in [0.5, 0.6) is 0 Å². The van der Waals surface area contributed by atoms with E-state index in [0.717, 1.165) is 0 Å². The first kappa shape index (κ1) is 45.6. The Labute approximate surface area is 384 Å². The van der Waals surface area contributed by atoms with Crippen LogP contribution in [0.4, 0.5) is 4.79 Å². The normalized spacial score (nSPS) is 10.3. The van der Waals surface area contributed by atoms with Crippen LogP contribution >= 0.6 is 39.7 Å². The quantitative estimate of drug-likeness (QED) is 0.0800. The molecule has 1 nitrogen and oxygen atoms in total. The van der Waals surface area contributed by atoms with E-state index in [2.05, 4.69) is 289 Å². The third kappa shape index (κ3) is 14.6. The van der Waals surface area contributed by atoms with Crippen LogP contribution in [0.3, 0.4) is 0 Å². The Bertz CT molecular complexity index is 1970. The second kappa shape index (κ2) is 25.7. The summed E-state index contributed by atoms with van der Waals surface area (Å²) in [6.07, 6.45) is 0. The van der Waals surface area contributed by atoms with Crippen LogP contribution in [-0.2, 0) is 18.3 Å². The van der Waals surface area contributed by atoms with Crippen molar-refractivity contribution in [1.29, 1.82) is 0 Å². The Morgan fingerprint density at radius 1 is 0.246 bits per heavy atom. The summed E-state index contributed by atoms with van der Waals surface area (Å²) < 4.78 is -0.0508. The van der Waals surface area contributed by atoms with Crippen LogP contribution in [0.15, 0.2) is 273 Å². The number of hydrogen-bond donors (Lipinski definition) is 0. The number of carbonyl (C=O) groups excluding carboxylic acids is 1. The third-order valence-corrected chi connectivity index (χ3v) is 16.5. The standard InChI is InChI=1S/3C18H15P.CBrO.Ru.H/c3*1-4-10-16(11-5-1)19(17-12-6-2-7-13-17)18-14-8-3-9-15-18;2-1-3;;/h3*1-15H;;;. The van der Waals surface area contributed by atoms with Gasteiger partial charge in [-0.1, -0.05) is 273 Å². The molecule has 0 aliphatic carbocycles. The van der Waals surface area contributed by atoms with E-state index in [-0.39, 0.29) is 3.29 Å². The van der Waals surface area contributed by atoms with E-state index >= 15 is 0 Å². The molecular formula is C55H46BrOP3Ru. The molecule has 0 amide bonds. The maximum absolute atomic E-state index is 9.35. The SMILES string of the molecule is O=[C](Br)[RuH].c1ccc(P(c2ccccc2)c2ccccc2)cc1.c1ccc(P(c2ccccc2)c2ccccc2)cc1.c1ccc(P(c2ccccc2)c2ccccc2)cc1. The molecule has 9 aromatic carbocycles. The van der Waals surface area contributed by atoms with Gasteiger partial charge in [-0.15, -0.1) is 0 Å². The summed E-state index contributed by atoms with van der Waals surface area (Å²) >= 11 is 4.24. The van der Waals surface area contributed by atoms with Crippen molar-refractivity contribution < 1.29 is 23.1 Å². The average molecular weight is 997 g/mol. The fourth-order valence-corrected chi connectivity index (χ4v) is 13.5. The first-order chi connectivity index (χ1) is 30.1. The minimum absolute atomic E-state index is 0.0508. The minimum Gasteiger partial charge on any atom is -0.0622 e. The maximum atomic E-state index is 9.35. The van der Waals surface area contributed by atoms with Gasteiger partial charge in [0.2, 0.25) is 0 Å². The second-order valence-electron chi connectivity index (χ2n) is 13.3. The average Bonchev–Trinajstić information content (AvgIpc) is 3.33. The van der Waals surface area contributed by atoms with Crippen LogP contribution in [0.2, 0.25) is 0 Å². The number of halogens is 1. The van der Waals surface area contributed by atoms with Crippen molar-refractivity contribution in [3.8, 4) is 0 Å². The van der Waals surface area contributed by atoms with Crippen LogP contribution in [0.25, 0.3) is 0 Å². The van der Waals surface area contributed by atoms with Gasteiger partial charge in [-0.05, 0) is 71.5 Å². The molecule has 0 unspecified atom stereocenters. The summed E-state index contributed by atoms with van der Waals surface area (Å²) in [5, 5.41) is 12.6. The van der Waals surface area contributed by atoms with Crippen molar-refractivity contribution in [2.75, 3.05) is 0 Å². The molecule has 0 aliphatic rings.